The molecule has 0 aliphatic heterocycles. The highest BCUT2D eigenvalue weighted by Crippen LogP contribution is 2.15. The van der Waals surface area contributed by atoms with Crippen LogP contribution in [0.25, 0.3) is 0 Å². The Morgan fingerprint density at radius 3 is 2.59 bits per heavy atom. The van der Waals surface area contributed by atoms with Gasteiger partial charge in [0.25, 0.3) is 5.91 Å². The van der Waals surface area contributed by atoms with Gasteiger partial charge in [0.1, 0.15) is 0 Å². The van der Waals surface area contributed by atoms with Crippen LogP contribution in [-0.4, -0.2) is 29.1 Å². The maximum atomic E-state index is 12.1. The molecule has 0 aliphatic rings. The number of rotatable bonds is 6. The summed E-state index contributed by atoms with van der Waals surface area (Å²) in [6.45, 7) is 0.337. The van der Waals surface area contributed by atoms with Gasteiger partial charge in [-0.3, -0.25) is 9.78 Å². The van der Waals surface area contributed by atoms with Crippen LogP contribution in [0.15, 0.2) is 42.7 Å². The number of hydrogen-bond donors (Lipinski definition) is 2. The van der Waals surface area contributed by atoms with Crippen molar-refractivity contribution in [2.45, 2.75) is 6.42 Å². The van der Waals surface area contributed by atoms with Crippen LogP contribution in [0.1, 0.15) is 15.9 Å². The third-order valence-electron chi connectivity index (χ3n) is 3.26. The molecule has 0 unspecified atom stereocenters. The Balaban J connectivity index is 1.92. The number of carbonyl (C=O) groups excluding carboxylic acids is 1. The molecule has 6 heteroatoms. The van der Waals surface area contributed by atoms with Crippen LogP contribution >= 0.6 is 23.2 Å². The van der Waals surface area contributed by atoms with Crippen molar-refractivity contribution in [2.24, 2.45) is 5.92 Å². The lowest BCUT2D eigenvalue weighted by Crippen LogP contribution is -2.32. The molecule has 22 heavy (non-hydrogen) atoms. The normalized spacial score (nSPS) is 12.0. The van der Waals surface area contributed by atoms with Crippen molar-refractivity contribution in [3.05, 3.63) is 63.9 Å². The van der Waals surface area contributed by atoms with E-state index in [4.69, 9.17) is 23.2 Å². The monoisotopic (exact) mass is 338 g/mol. The quantitative estimate of drug-likeness (QED) is 0.851. The summed E-state index contributed by atoms with van der Waals surface area (Å²) in [7, 11) is 0. The average molecular weight is 339 g/mol. The molecule has 2 aromatic rings. The van der Waals surface area contributed by atoms with Crippen molar-refractivity contribution in [1.29, 1.82) is 0 Å². The molecule has 2 rings (SSSR count). The van der Waals surface area contributed by atoms with Gasteiger partial charge >= 0.3 is 0 Å². The van der Waals surface area contributed by atoms with E-state index in [1.54, 1.807) is 18.2 Å². The Hall–Kier alpha value is -1.62. The second kappa shape index (κ2) is 8.13. The van der Waals surface area contributed by atoms with Gasteiger partial charge in [0.2, 0.25) is 0 Å². The van der Waals surface area contributed by atoms with Gasteiger partial charge in [-0.15, -0.1) is 0 Å². The number of hydrogen-bond acceptors (Lipinski definition) is 3. The maximum Gasteiger partial charge on any atom is 0.252 e. The molecule has 1 aromatic carbocycles. The predicted octanol–water partition coefficient (Wildman–Crippen LogP) is 2.97. The van der Waals surface area contributed by atoms with E-state index in [9.17, 15) is 9.90 Å². The predicted molar refractivity (Wildman–Crippen MR) is 87.3 cm³/mol. The van der Waals surface area contributed by atoms with Crippen molar-refractivity contribution in [3.63, 3.8) is 0 Å². The molecule has 116 valence electrons. The molecular weight excluding hydrogens is 323 g/mol. The lowest BCUT2D eigenvalue weighted by molar-refractivity contribution is 0.0940. The minimum absolute atomic E-state index is 0.0208. The largest absolute Gasteiger partial charge is 0.396 e. The lowest BCUT2D eigenvalue weighted by Gasteiger charge is -2.15. The van der Waals surface area contributed by atoms with Crippen molar-refractivity contribution in [2.75, 3.05) is 13.2 Å². The first-order chi connectivity index (χ1) is 10.6. The first kappa shape index (κ1) is 16.7. The van der Waals surface area contributed by atoms with Gasteiger partial charge < -0.3 is 10.4 Å². The molecule has 0 fully saturated rings. The zero-order valence-electron chi connectivity index (χ0n) is 11.8. The number of aliphatic hydroxyl groups is 1. The topological polar surface area (TPSA) is 62.2 Å². The molecule has 1 heterocycles. The van der Waals surface area contributed by atoms with Crippen LogP contribution in [0.5, 0.6) is 0 Å². The van der Waals surface area contributed by atoms with Crippen molar-refractivity contribution >= 4 is 29.1 Å². The lowest BCUT2D eigenvalue weighted by atomic mass is 10.00. The second-order valence-corrected chi connectivity index (χ2v) is 5.79. The van der Waals surface area contributed by atoms with E-state index in [0.717, 1.165) is 5.56 Å². The number of aromatic nitrogens is 1. The van der Waals surface area contributed by atoms with Crippen LogP contribution in [0.3, 0.4) is 0 Å². The first-order valence-corrected chi connectivity index (χ1v) is 7.58. The zero-order valence-corrected chi connectivity index (χ0v) is 13.3. The molecule has 0 spiro atoms. The molecule has 0 saturated heterocycles. The average Bonchev–Trinajstić information content (AvgIpc) is 2.53. The van der Waals surface area contributed by atoms with Gasteiger partial charge in [-0.1, -0.05) is 35.3 Å². The minimum Gasteiger partial charge on any atom is -0.396 e. The number of benzene rings is 1. The second-order valence-electron chi connectivity index (χ2n) is 4.94. The highest BCUT2D eigenvalue weighted by Gasteiger charge is 2.13. The number of amides is 1. The van der Waals surface area contributed by atoms with Gasteiger partial charge in [0, 0.05) is 36.5 Å². The van der Waals surface area contributed by atoms with E-state index in [1.807, 2.05) is 12.1 Å². The molecule has 0 saturated carbocycles. The van der Waals surface area contributed by atoms with E-state index in [1.165, 1.54) is 12.4 Å². The Morgan fingerprint density at radius 2 is 1.95 bits per heavy atom. The summed E-state index contributed by atoms with van der Waals surface area (Å²) in [5.41, 5.74) is 1.43. The van der Waals surface area contributed by atoms with Crippen molar-refractivity contribution < 1.29 is 9.90 Å². The van der Waals surface area contributed by atoms with Gasteiger partial charge in [0.05, 0.1) is 10.6 Å². The number of pyridine rings is 1. The third-order valence-corrected chi connectivity index (χ3v) is 3.82. The van der Waals surface area contributed by atoms with Gasteiger partial charge in [-0.05, 0) is 30.2 Å². The van der Waals surface area contributed by atoms with Crippen molar-refractivity contribution in [3.8, 4) is 0 Å². The Bertz CT molecular complexity index is 632. The summed E-state index contributed by atoms with van der Waals surface area (Å²) in [6.07, 6.45) is 3.59. The molecule has 1 aromatic heterocycles. The maximum absolute atomic E-state index is 12.1. The van der Waals surface area contributed by atoms with Crippen LogP contribution < -0.4 is 5.32 Å². The summed E-state index contributed by atoms with van der Waals surface area (Å²) in [5.74, 6) is -0.354. The molecule has 0 aliphatic carbocycles. The third kappa shape index (κ3) is 4.70. The fourth-order valence-electron chi connectivity index (χ4n) is 2.05. The fourth-order valence-corrected chi connectivity index (χ4v) is 2.38. The summed E-state index contributed by atoms with van der Waals surface area (Å²) in [4.78, 5) is 15.9. The van der Waals surface area contributed by atoms with Gasteiger partial charge in [-0.2, -0.15) is 0 Å². The van der Waals surface area contributed by atoms with Crippen LogP contribution in [0, 0.1) is 5.92 Å². The molecular formula is C16H16Cl2N2O2. The van der Waals surface area contributed by atoms with E-state index in [0.29, 0.717) is 28.6 Å². The summed E-state index contributed by atoms with van der Waals surface area (Å²) in [6, 6.07) is 8.99. The summed E-state index contributed by atoms with van der Waals surface area (Å²) >= 11 is 11.8. The van der Waals surface area contributed by atoms with E-state index >= 15 is 0 Å². The minimum atomic E-state index is -0.276. The summed E-state index contributed by atoms with van der Waals surface area (Å²) in [5, 5.41) is 13.2. The number of aliphatic hydroxyl groups excluding tert-OH is 1. The molecule has 1 amide bonds. The SMILES string of the molecule is O=C(NC[C@@H](CO)Cc1ccc(Cl)cc1)c1ccncc1Cl. The number of nitrogens with zero attached hydrogens (tertiary/aromatic N) is 1. The molecule has 1 atom stereocenters. The van der Waals surface area contributed by atoms with E-state index in [-0.39, 0.29) is 18.4 Å². The number of halogens is 2. The van der Waals surface area contributed by atoms with E-state index in [2.05, 4.69) is 10.3 Å². The van der Waals surface area contributed by atoms with Crippen LogP contribution in [-0.2, 0) is 6.42 Å². The Morgan fingerprint density at radius 1 is 1.23 bits per heavy atom. The first-order valence-electron chi connectivity index (χ1n) is 6.83. The number of carbonyl (C=O) groups is 1. The zero-order chi connectivity index (χ0) is 15.9. The van der Waals surface area contributed by atoms with Crippen molar-refractivity contribution in [1.82, 2.24) is 10.3 Å². The van der Waals surface area contributed by atoms with Gasteiger partial charge in [0.15, 0.2) is 0 Å². The number of nitrogens with one attached hydrogen (secondary N) is 1. The molecule has 4 nitrogen and oxygen atoms in total. The molecule has 2 N–H and O–H groups in total. The highest BCUT2D eigenvalue weighted by atomic mass is 35.5. The summed E-state index contributed by atoms with van der Waals surface area (Å²) < 4.78 is 0. The molecule has 0 bridgehead atoms. The van der Waals surface area contributed by atoms with Crippen LogP contribution in [0.2, 0.25) is 10.0 Å². The fraction of sp³-hybridized carbons (Fsp3) is 0.250. The van der Waals surface area contributed by atoms with Crippen LogP contribution in [0.4, 0.5) is 0 Å². The molecule has 0 radical (unpaired) electrons. The van der Waals surface area contributed by atoms with Gasteiger partial charge in [-0.25, -0.2) is 0 Å². The smallest absolute Gasteiger partial charge is 0.252 e. The van der Waals surface area contributed by atoms with E-state index < -0.39 is 0 Å². The Kier molecular flexibility index (Phi) is 6.19. The highest BCUT2D eigenvalue weighted by molar-refractivity contribution is 6.33. The standard InChI is InChI=1S/C16H16Cl2N2O2/c17-13-3-1-11(2-4-13)7-12(10-21)8-20-16(22)14-5-6-19-9-15(14)18/h1-6,9,12,21H,7-8,10H2,(H,20,22)/t12-/m0/s1. The Labute approximate surface area is 139 Å².